The lowest BCUT2D eigenvalue weighted by atomic mass is 9.87. The Balaban J connectivity index is 1.73. The monoisotopic (exact) mass is 382 g/mol. The first-order valence-electron chi connectivity index (χ1n) is 8.94. The van der Waals surface area contributed by atoms with Gasteiger partial charge in [-0.05, 0) is 50.5 Å². The number of benzene rings is 2. The Morgan fingerprint density at radius 3 is 2.44 bits per heavy atom. The van der Waals surface area contributed by atoms with Crippen LogP contribution in [-0.2, 0) is 10.0 Å². The van der Waals surface area contributed by atoms with Gasteiger partial charge in [-0.15, -0.1) is 0 Å². The number of hydrogen-bond donors (Lipinski definition) is 0. The zero-order chi connectivity index (χ0) is 19.6. The standard InChI is InChI=1S/C21H22N2O3S/c1-15-6-7-20(16(2)12-15)21(24)18-8-10-23(11-9-18)27(25,26)19-5-3-4-17(13-19)14-22/h3-7,12-13,18H,8-11H2,1-2H3. The topological polar surface area (TPSA) is 78.2 Å². The minimum Gasteiger partial charge on any atom is -0.294 e. The molecule has 0 N–H and O–H groups in total. The molecule has 5 nitrogen and oxygen atoms in total. The number of hydrogen-bond acceptors (Lipinski definition) is 4. The van der Waals surface area contributed by atoms with E-state index in [9.17, 15) is 13.2 Å². The minimum absolute atomic E-state index is 0.0935. The zero-order valence-corrected chi connectivity index (χ0v) is 16.3. The summed E-state index contributed by atoms with van der Waals surface area (Å²) in [4.78, 5) is 13.0. The summed E-state index contributed by atoms with van der Waals surface area (Å²) in [6.45, 7) is 4.54. The highest BCUT2D eigenvalue weighted by atomic mass is 32.2. The lowest BCUT2D eigenvalue weighted by molar-refractivity contribution is 0.0874. The number of nitriles is 1. The number of carbonyl (C=O) groups is 1. The van der Waals surface area contributed by atoms with Gasteiger partial charge in [0.25, 0.3) is 0 Å². The van der Waals surface area contributed by atoms with Crippen LogP contribution in [0.3, 0.4) is 0 Å². The van der Waals surface area contributed by atoms with Crippen molar-refractivity contribution in [1.82, 2.24) is 4.31 Å². The summed E-state index contributed by atoms with van der Waals surface area (Å²) in [5.74, 6) is -0.0701. The van der Waals surface area contributed by atoms with E-state index in [1.54, 1.807) is 12.1 Å². The van der Waals surface area contributed by atoms with E-state index in [0.29, 0.717) is 31.5 Å². The smallest absolute Gasteiger partial charge is 0.243 e. The van der Waals surface area contributed by atoms with Gasteiger partial charge in [-0.3, -0.25) is 4.79 Å². The average Bonchev–Trinajstić information content (AvgIpc) is 2.67. The maximum atomic E-state index is 12.8. The predicted molar refractivity (Wildman–Crippen MR) is 103 cm³/mol. The van der Waals surface area contributed by atoms with Gasteiger partial charge in [0.1, 0.15) is 0 Å². The van der Waals surface area contributed by atoms with E-state index in [1.807, 2.05) is 38.1 Å². The fourth-order valence-electron chi connectivity index (χ4n) is 3.54. The molecule has 2 aromatic rings. The first-order valence-corrected chi connectivity index (χ1v) is 10.4. The van der Waals surface area contributed by atoms with E-state index in [-0.39, 0.29) is 16.6 Å². The van der Waals surface area contributed by atoms with Crippen molar-refractivity contribution in [2.75, 3.05) is 13.1 Å². The van der Waals surface area contributed by atoms with Crippen molar-refractivity contribution >= 4 is 15.8 Å². The molecule has 27 heavy (non-hydrogen) atoms. The van der Waals surface area contributed by atoms with Crippen LogP contribution in [0.2, 0.25) is 0 Å². The summed E-state index contributed by atoms with van der Waals surface area (Å²) in [5.41, 5.74) is 3.12. The number of rotatable bonds is 4. The third-order valence-corrected chi connectivity index (χ3v) is 6.97. The maximum absolute atomic E-state index is 12.8. The summed E-state index contributed by atoms with van der Waals surface area (Å²) in [7, 11) is -3.65. The van der Waals surface area contributed by atoms with Gasteiger partial charge >= 0.3 is 0 Å². The summed E-state index contributed by atoms with van der Waals surface area (Å²) in [6, 6.07) is 13.8. The number of carbonyl (C=O) groups excluding carboxylic acids is 1. The van der Waals surface area contributed by atoms with E-state index < -0.39 is 10.0 Å². The van der Waals surface area contributed by atoms with Crippen LogP contribution in [0.25, 0.3) is 0 Å². The molecule has 140 valence electrons. The molecule has 0 spiro atoms. The van der Waals surface area contributed by atoms with E-state index in [4.69, 9.17) is 5.26 Å². The molecule has 0 aromatic heterocycles. The molecule has 0 saturated carbocycles. The second-order valence-electron chi connectivity index (χ2n) is 7.00. The van der Waals surface area contributed by atoms with Crippen LogP contribution in [0, 0.1) is 31.1 Å². The summed E-state index contributed by atoms with van der Waals surface area (Å²) >= 11 is 0. The zero-order valence-electron chi connectivity index (χ0n) is 15.5. The highest BCUT2D eigenvalue weighted by molar-refractivity contribution is 7.89. The van der Waals surface area contributed by atoms with Crippen molar-refractivity contribution in [1.29, 1.82) is 5.26 Å². The highest BCUT2D eigenvalue weighted by Gasteiger charge is 2.32. The molecule has 0 amide bonds. The molecule has 0 bridgehead atoms. The first-order chi connectivity index (χ1) is 12.8. The molecule has 0 aliphatic carbocycles. The molecule has 0 atom stereocenters. The first kappa shape index (κ1) is 19.3. The van der Waals surface area contributed by atoms with Crippen LogP contribution in [-0.4, -0.2) is 31.6 Å². The molecular weight excluding hydrogens is 360 g/mol. The molecule has 1 heterocycles. The Kier molecular flexibility index (Phi) is 5.45. The Hall–Kier alpha value is -2.49. The molecule has 6 heteroatoms. The van der Waals surface area contributed by atoms with Crippen LogP contribution in [0.5, 0.6) is 0 Å². The van der Waals surface area contributed by atoms with Crippen molar-refractivity contribution in [3.05, 3.63) is 64.7 Å². The molecule has 1 aliphatic rings. The summed E-state index contributed by atoms with van der Waals surface area (Å²) < 4.78 is 27.1. The van der Waals surface area contributed by atoms with Crippen LogP contribution in [0.4, 0.5) is 0 Å². The number of aryl methyl sites for hydroxylation is 2. The Labute approximate surface area is 160 Å². The molecule has 1 fully saturated rings. The van der Waals surface area contributed by atoms with Gasteiger partial charge in [0.15, 0.2) is 5.78 Å². The van der Waals surface area contributed by atoms with Gasteiger partial charge in [0.2, 0.25) is 10.0 Å². The largest absolute Gasteiger partial charge is 0.294 e. The fourth-order valence-corrected chi connectivity index (χ4v) is 5.06. The van der Waals surface area contributed by atoms with Crippen molar-refractivity contribution in [3.8, 4) is 6.07 Å². The molecule has 1 saturated heterocycles. The number of Topliss-reactive ketones (excluding diaryl/α,β-unsaturated/α-hetero) is 1. The average molecular weight is 382 g/mol. The van der Waals surface area contributed by atoms with Gasteiger partial charge in [-0.25, -0.2) is 8.42 Å². The Morgan fingerprint density at radius 1 is 1.11 bits per heavy atom. The van der Waals surface area contributed by atoms with E-state index in [0.717, 1.165) is 16.7 Å². The third-order valence-electron chi connectivity index (χ3n) is 5.07. The summed E-state index contributed by atoms with van der Waals surface area (Å²) in [6.07, 6.45) is 1.01. The lowest BCUT2D eigenvalue weighted by Gasteiger charge is -2.30. The molecular formula is C21H22N2O3S. The summed E-state index contributed by atoms with van der Waals surface area (Å²) in [5, 5.41) is 8.99. The van der Waals surface area contributed by atoms with Gasteiger partial charge in [0.05, 0.1) is 16.5 Å². The van der Waals surface area contributed by atoms with Crippen LogP contribution >= 0.6 is 0 Å². The fraction of sp³-hybridized carbons (Fsp3) is 0.333. The van der Waals surface area contributed by atoms with E-state index >= 15 is 0 Å². The van der Waals surface area contributed by atoms with Crippen molar-refractivity contribution < 1.29 is 13.2 Å². The van der Waals surface area contributed by atoms with Crippen LogP contribution in [0.1, 0.15) is 39.9 Å². The Bertz CT molecular complexity index is 1010. The number of piperidine rings is 1. The van der Waals surface area contributed by atoms with Gasteiger partial charge in [-0.1, -0.05) is 29.8 Å². The minimum atomic E-state index is -3.65. The quantitative estimate of drug-likeness (QED) is 0.759. The predicted octanol–water partition coefficient (Wildman–Crippen LogP) is 3.46. The highest BCUT2D eigenvalue weighted by Crippen LogP contribution is 2.27. The van der Waals surface area contributed by atoms with Crippen molar-refractivity contribution in [2.24, 2.45) is 5.92 Å². The van der Waals surface area contributed by atoms with Gasteiger partial charge < -0.3 is 0 Å². The second kappa shape index (κ2) is 7.63. The van der Waals surface area contributed by atoms with Crippen LogP contribution < -0.4 is 0 Å². The maximum Gasteiger partial charge on any atom is 0.243 e. The molecule has 1 aliphatic heterocycles. The van der Waals surface area contributed by atoms with Crippen molar-refractivity contribution in [2.45, 2.75) is 31.6 Å². The van der Waals surface area contributed by atoms with Gasteiger partial charge in [-0.2, -0.15) is 9.57 Å². The third kappa shape index (κ3) is 3.95. The number of ketones is 1. The second-order valence-corrected chi connectivity index (χ2v) is 8.94. The molecule has 3 rings (SSSR count). The van der Waals surface area contributed by atoms with E-state index in [1.165, 1.54) is 16.4 Å². The molecule has 0 radical (unpaired) electrons. The SMILES string of the molecule is Cc1ccc(C(=O)C2CCN(S(=O)(=O)c3cccc(C#N)c3)CC2)c(C)c1. The lowest BCUT2D eigenvalue weighted by Crippen LogP contribution is -2.40. The molecule has 2 aromatic carbocycles. The van der Waals surface area contributed by atoms with Gasteiger partial charge in [0, 0.05) is 24.6 Å². The van der Waals surface area contributed by atoms with E-state index in [2.05, 4.69) is 0 Å². The number of sulfonamides is 1. The number of nitrogens with zero attached hydrogens (tertiary/aromatic N) is 2. The van der Waals surface area contributed by atoms with Crippen LogP contribution in [0.15, 0.2) is 47.4 Å². The Morgan fingerprint density at radius 2 is 1.81 bits per heavy atom. The van der Waals surface area contributed by atoms with Crippen molar-refractivity contribution in [3.63, 3.8) is 0 Å². The normalized spacial score (nSPS) is 16.0. The molecule has 0 unspecified atom stereocenters.